The van der Waals surface area contributed by atoms with Gasteiger partial charge < -0.3 is 9.97 Å². The molecular weight excluding hydrogens is 358 g/mol. The third-order valence-corrected chi connectivity index (χ3v) is 4.90. The Bertz CT molecular complexity index is 1320. The number of benzene rings is 3. The predicted molar refractivity (Wildman–Crippen MR) is 110 cm³/mol. The standard InChI is InChI=1S/C22H14ClN3O/c23-14-10-11-16-15(12-14)19(13-6-2-1-3-7-13)20(22(27)26-16)21-24-17-8-4-5-9-18(17)25-21/h1-12H,(H,24,25)(H,26,27). The molecule has 0 saturated heterocycles. The van der Waals surface area contributed by atoms with E-state index in [0.717, 1.165) is 33.1 Å². The summed E-state index contributed by atoms with van der Waals surface area (Å²) in [6.45, 7) is 0. The molecule has 2 heterocycles. The summed E-state index contributed by atoms with van der Waals surface area (Å²) in [6, 6.07) is 23.0. The van der Waals surface area contributed by atoms with Gasteiger partial charge in [0.25, 0.3) is 5.56 Å². The Hall–Kier alpha value is -3.37. The van der Waals surface area contributed by atoms with Gasteiger partial charge in [0.15, 0.2) is 0 Å². The molecule has 5 rings (SSSR count). The number of hydrogen-bond acceptors (Lipinski definition) is 2. The second kappa shape index (κ2) is 6.11. The van der Waals surface area contributed by atoms with Crippen LogP contribution < -0.4 is 5.56 Å². The van der Waals surface area contributed by atoms with E-state index in [2.05, 4.69) is 15.0 Å². The first-order chi connectivity index (χ1) is 13.2. The van der Waals surface area contributed by atoms with Gasteiger partial charge in [0.2, 0.25) is 0 Å². The summed E-state index contributed by atoms with van der Waals surface area (Å²) in [4.78, 5) is 23.9. The molecule has 0 amide bonds. The van der Waals surface area contributed by atoms with Crippen LogP contribution in [0.25, 0.3) is 44.5 Å². The number of aromatic amines is 2. The summed E-state index contributed by atoms with van der Waals surface area (Å²) >= 11 is 6.27. The molecule has 130 valence electrons. The van der Waals surface area contributed by atoms with E-state index < -0.39 is 0 Å². The van der Waals surface area contributed by atoms with Gasteiger partial charge in [-0.1, -0.05) is 54.1 Å². The molecule has 27 heavy (non-hydrogen) atoms. The Balaban J connectivity index is 1.94. The Morgan fingerprint density at radius 3 is 2.37 bits per heavy atom. The quantitative estimate of drug-likeness (QED) is 0.437. The molecule has 5 aromatic rings. The monoisotopic (exact) mass is 371 g/mol. The summed E-state index contributed by atoms with van der Waals surface area (Å²) < 4.78 is 0. The van der Waals surface area contributed by atoms with Crippen LogP contribution in [0.4, 0.5) is 0 Å². The van der Waals surface area contributed by atoms with Gasteiger partial charge in [-0.15, -0.1) is 0 Å². The van der Waals surface area contributed by atoms with Crippen LogP contribution in [0.3, 0.4) is 0 Å². The fourth-order valence-corrected chi connectivity index (χ4v) is 3.64. The fraction of sp³-hybridized carbons (Fsp3) is 0. The lowest BCUT2D eigenvalue weighted by Crippen LogP contribution is -2.12. The Kier molecular flexibility index (Phi) is 3.59. The first-order valence-corrected chi connectivity index (χ1v) is 8.94. The molecule has 5 heteroatoms. The van der Waals surface area contributed by atoms with Crippen molar-refractivity contribution < 1.29 is 0 Å². The van der Waals surface area contributed by atoms with E-state index in [0.29, 0.717) is 16.4 Å². The molecule has 4 nitrogen and oxygen atoms in total. The Morgan fingerprint density at radius 2 is 1.56 bits per heavy atom. The molecule has 3 aromatic carbocycles. The van der Waals surface area contributed by atoms with Crippen LogP contribution >= 0.6 is 11.6 Å². The van der Waals surface area contributed by atoms with E-state index >= 15 is 0 Å². The first kappa shape index (κ1) is 15.9. The molecule has 0 atom stereocenters. The zero-order chi connectivity index (χ0) is 18.4. The topological polar surface area (TPSA) is 61.5 Å². The average molecular weight is 372 g/mol. The SMILES string of the molecule is O=c1[nH]c2ccc(Cl)cc2c(-c2ccccc2)c1-c1nc2ccccc2[nH]1. The molecule has 0 spiro atoms. The van der Waals surface area contributed by atoms with Gasteiger partial charge in [0.1, 0.15) is 5.82 Å². The maximum atomic E-state index is 13.0. The summed E-state index contributed by atoms with van der Waals surface area (Å²) in [5.74, 6) is 0.540. The van der Waals surface area contributed by atoms with E-state index in [1.165, 1.54) is 0 Å². The van der Waals surface area contributed by atoms with E-state index in [-0.39, 0.29) is 5.56 Å². The van der Waals surface area contributed by atoms with Crippen LogP contribution in [0.5, 0.6) is 0 Å². The number of imidazole rings is 1. The highest BCUT2D eigenvalue weighted by molar-refractivity contribution is 6.31. The van der Waals surface area contributed by atoms with Crippen molar-refractivity contribution in [2.45, 2.75) is 0 Å². The van der Waals surface area contributed by atoms with Gasteiger partial charge in [-0.05, 0) is 35.9 Å². The smallest absolute Gasteiger partial charge is 0.260 e. The second-order valence-electron chi connectivity index (χ2n) is 6.36. The first-order valence-electron chi connectivity index (χ1n) is 8.57. The highest BCUT2D eigenvalue weighted by atomic mass is 35.5. The number of rotatable bonds is 2. The van der Waals surface area contributed by atoms with E-state index in [9.17, 15) is 4.79 Å². The molecule has 0 aliphatic heterocycles. The largest absolute Gasteiger partial charge is 0.338 e. The van der Waals surface area contributed by atoms with Gasteiger partial charge in [0, 0.05) is 21.5 Å². The highest BCUT2D eigenvalue weighted by Gasteiger charge is 2.19. The number of H-pyrrole nitrogens is 2. The zero-order valence-electron chi connectivity index (χ0n) is 14.2. The van der Waals surface area contributed by atoms with Crippen molar-refractivity contribution >= 4 is 33.5 Å². The molecule has 2 N–H and O–H groups in total. The van der Waals surface area contributed by atoms with Crippen LogP contribution in [-0.2, 0) is 0 Å². The van der Waals surface area contributed by atoms with E-state index in [1.54, 1.807) is 6.07 Å². The number of nitrogens with zero attached hydrogens (tertiary/aromatic N) is 1. The lowest BCUT2D eigenvalue weighted by atomic mass is 9.96. The van der Waals surface area contributed by atoms with E-state index in [4.69, 9.17) is 11.6 Å². The maximum Gasteiger partial charge on any atom is 0.260 e. The normalized spacial score (nSPS) is 11.3. The van der Waals surface area contributed by atoms with Crippen LogP contribution in [0.15, 0.2) is 77.6 Å². The zero-order valence-corrected chi connectivity index (χ0v) is 14.9. The minimum absolute atomic E-state index is 0.192. The third kappa shape index (κ3) is 2.62. The molecule has 0 radical (unpaired) electrons. The predicted octanol–water partition coefficient (Wildman–Crippen LogP) is 5.39. The number of halogens is 1. The summed E-state index contributed by atoms with van der Waals surface area (Å²) in [5.41, 5.74) is 4.51. The van der Waals surface area contributed by atoms with Gasteiger partial charge >= 0.3 is 0 Å². The molecule has 0 bridgehead atoms. The van der Waals surface area contributed by atoms with Gasteiger partial charge in [-0.2, -0.15) is 0 Å². The average Bonchev–Trinajstić information content (AvgIpc) is 3.11. The number of pyridine rings is 1. The number of hydrogen-bond donors (Lipinski definition) is 2. The minimum atomic E-state index is -0.192. The fourth-order valence-electron chi connectivity index (χ4n) is 3.47. The van der Waals surface area contributed by atoms with Gasteiger partial charge in [0.05, 0.1) is 16.6 Å². The number of para-hydroxylation sites is 2. The van der Waals surface area contributed by atoms with Crippen molar-refractivity contribution in [2.24, 2.45) is 0 Å². The van der Waals surface area contributed by atoms with Crippen molar-refractivity contribution in [1.82, 2.24) is 15.0 Å². The molecule has 2 aromatic heterocycles. The van der Waals surface area contributed by atoms with Crippen molar-refractivity contribution in [2.75, 3.05) is 0 Å². The van der Waals surface area contributed by atoms with Crippen molar-refractivity contribution in [3.05, 3.63) is 88.2 Å². The Morgan fingerprint density at radius 1 is 0.778 bits per heavy atom. The van der Waals surface area contributed by atoms with Crippen molar-refractivity contribution in [3.63, 3.8) is 0 Å². The van der Waals surface area contributed by atoms with Gasteiger partial charge in [-0.3, -0.25) is 4.79 Å². The Labute approximate surface area is 159 Å². The number of fused-ring (bicyclic) bond motifs is 2. The lowest BCUT2D eigenvalue weighted by molar-refractivity contribution is 1.25. The second-order valence-corrected chi connectivity index (χ2v) is 6.80. The van der Waals surface area contributed by atoms with Crippen LogP contribution in [0, 0.1) is 0 Å². The molecular formula is C22H14ClN3O. The molecule has 0 unspecified atom stereocenters. The number of nitrogens with one attached hydrogen (secondary N) is 2. The molecule has 0 saturated carbocycles. The molecule has 0 fully saturated rings. The number of aromatic nitrogens is 3. The molecule has 0 aliphatic rings. The summed E-state index contributed by atoms with van der Waals surface area (Å²) in [5, 5.41) is 1.49. The molecule has 0 aliphatic carbocycles. The minimum Gasteiger partial charge on any atom is -0.338 e. The van der Waals surface area contributed by atoms with Crippen LogP contribution in [0.2, 0.25) is 5.02 Å². The van der Waals surface area contributed by atoms with Gasteiger partial charge in [-0.25, -0.2) is 4.98 Å². The highest BCUT2D eigenvalue weighted by Crippen LogP contribution is 2.35. The maximum absolute atomic E-state index is 13.0. The van der Waals surface area contributed by atoms with Crippen molar-refractivity contribution in [3.8, 4) is 22.5 Å². The van der Waals surface area contributed by atoms with Crippen LogP contribution in [-0.4, -0.2) is 15.0 Å². The lowest BCUT2D eigenvalue weighted by Gasteiger charge is -2.12. The van der Waals surface area contributed by atoms with Crippen molar-refractivity contribution in [1.29, 1.82) is 0 Å². The van der Waals surface area contributed by atoms with Crippen LogP contribution in [0.1, 0.15) is 0 Å². The van der Waals surface area contributed by atoms with E-state index in [1.807, 2.05) is 66.7 Å². The summed E-state index contributed by atoms with van der Waals surface area (Å²) in [7, 11) is 0. The third-order valence-electron chi connectivity index (χ3n) is 4.66. The summed E-state index contributed by atoms with van der Waals surface area (Å²) in [6.07, 6.45) is 0.